The van der Waals surface area contributed by atoms with Gasteiger partial charge in [0.15, 0.2) is 0 Å². The van der Waals surface area contributed by atoms with Crippen LogP contribution in [0.5, 0.6) is 5.75 Å². The maximum Gasteiger partial charge on any atom is 0.325 e. The molecule has 1 fully saturated rings. The summed E-state index contributed by atoms with van der Waals surface area (Å²) < 4.78 is 4.72. The minimum absolute atomic E-state index is 0.0142. The van der Waals surface area contributed by atoms with Gasteiger partial charge in [-0.15, -0.1) is 0 Å². The lowest BCUT2D eigenvalue weighted by atomic mass is 10.1. The summed E-state index contributed by atoms with van der Waals surface area (Å²) >= 11 is 3.62. The highest BCUT2D eigenvalue weighted by atomic mass is 79.9. The number of phenolic OH excluding ortho intramolecular Hbond substituents is 1. The first-order valence-corrected chi connectivity index (χ1v) is 7.84. The number of rotatable bonds is 4. The molecule has 1 saturated heterocycles. The number of amides is 2. The molecule has 2 amide bonds. The number of hydrogen-bond donors (Lipinski definition) is 1. The molecule has 24 heavy (non-hydrogen) atoms. The summed E-state index contributed by atoms with van der Waals surface area (Å²) in [4.78, 5) is 45.9. The van der Waals surface area contributed by atoms with Crippen LogP contribution in [-0.4, -0.2) is 45.7 Å². The summed E-state index contributed by atoms with van der Waals surface area (Å²) in [5.74, 6) is -2.15. The molecule has 0 bridgehead atoms. The number of hydrogen-bond acceptors (Lipinski definition) is 8. The average molecular weight is 417 g/mol. The van der Waals surface area contributed by atoms with Crippen LogP contribution in [0.2, 0.25) is 0 Å². The van der Waals surface area contributed by atoms with Crippen LogP contribution in [-0.2, 0) is 14.3 Å². The Hall–Kier alpha value is -2.40. The number of carbonyl (C=O) groups is 3. The van der Waals surface area contributed by atoms with Gasteiger partial charge in [-0.3, -0.25) is 29.4 Å². The van der Waals surface area contributed by atoms with Crippen LogP contribution in [0.1, 0.15) is 5.56 Å². The van der Waals surface area contributed by atoms with Crippen molar-refractivity contribution in [3.8, 4) is 5.75 Å². The van der Waals surface area contributed by atoms with E-state index in [2.05, 4.69) is 20.7 Å². The third-order valence-electron chi connectivity index (χ3n) is 2.96. The highest BCUT2D eigenvalue weighted by Crippen LogP contribution is 2.38. The molecular weight excluding hydrogens is 408 g/mol. The first-order valence-electron chi connectivity index (χ1n) is 6.23. The van der Waals surface area contributed by atoms with Crippen molar-refractivity contribution in [3.05, 3.63) is 37.2 Å². The highest BCUT2D eigenvalue weighted by molar-refractivity contribution is 9.10. The third-order valence-corrected chi connectivity index (χ3v) is 4.32. The fourth-order valence-corrected chi connectivity index (χ4v) is 3.12. The Labute approximate surface area is 147 Å². The number of methoxy groups -OCH3 is 1. The molecule has 0 aliphatic carbocycles. The number of aromatic hydroxyl groups is 1. The molecule has 0 saturated carbocycles. The Morgan fingerprint density at radius 2 is 2.17 bits per heavy atom. The number of phenols is 1. The molecule has 0 spiro atoms. The zero-order valence-electron chi connectivity index (χ0n) is 12.0. The van der Waals surface area contributed by atoms with Gasteiger partial charge in [-0.05, 0) is 23.9 Å². The second-order valence-electron chi connectivity index (χ2n) is 4.46. The van der Waals surface area contributed by atoms with Crippen molar-refractivity contribution in [3.63, 3.8) is 0 Å². The molecule has 1 aromatic carbocycles. The predicted molar refractivity (Wildman–Crippen MR) is 87.2 cm³/mol. The number of nitro groups is 1. The summed E-state index contributed by atoms with van der Waals surface area (Å²) in [5, 5.41) is 20.2. The molecular formula is C13H9BrN2O7S. The minimum atomic E-state index is -0.777. The van der Waals surface area contributed by atoms with Crippen molar-refractivity contribution >= 4 is 56.6 Å². The van der Waals surface area contributed by atoms with E-state index in [-0.39, 0.29) is 10.5 Å². The Bertz CT molecular complexity index is 793. The SMILES string of the molecule is COC(=O)CN1C(=O)S/C(=C\c2cc(Br)cc([N+](=O)[O-])c2O)C1=O. The van der Waals surface area contributed by atoms with Crippen molar-refractivity contribution in [1.29, 1.82) is 0 Å². The van der Waals surface area contributed by atoms with E-state index in [0.29, 0.717) is 21.1 Å². The number of thioether (sulfide) groups is 1. The summed E-state index contributed by atoms with van der Waals surface area (Å²) in [5.41, 5.74) is -0.566. The van der Waals surface area contributed by atoms with Gasteiger partial charge in [0.2, 0.25) is 5.75 Å². The number of halogens is 1. The lowest BCUT2D eigenvalue weighted by Gasteiger charge is -2.09. The van der Waals surface area contributed by atoms with Crippen LogP contribution in [0.4, 0.5) is 10.5 Å². The van der Waals surface area contributed by atoms with Crippen LogP contribution in [0.15, 0.2) is 21.5 Å². The maximum atomic E-state index is 12.2. The quantitative estimate of drug-likeness (QED) is 0.342. The number of benzene rings is 1. The smallest absolute Gasteiger partial charge is 0.325 e. The van der Waals surface area contributed by atoms with Crippen LogP contribution in [0.25, 0.3) is 6.08 Å². The van der Waals surface area contributed by atoms with Gasteiger partial charge in [-0.25, -0.2) is 0 Å². The molecule has 0 atom stereocenters. The largest absolute Gasteiger partial charge is 0.502 e. The lowest BCUT2D eigenvalue weighted by molar-refractivity contribution is -0.385. The van der Waals surface area contributed by atoms with E-state index >= 15 is 0 Å². The van der Waals surface area contributed by atoms with Crippen LogP contribution in [0, 0.1) is 10.1 Å². The molecule has 0 unspecified atom stereocenters. The second kappa shape index (κ2) is 7.01. The monoisotopic (exact) mass is 416 g/mol. The van der Waals surface area contributed by atoms with Crippen LogP contribution >= 0.6 is 27.7 Å². The van der Waals surface area contributed by atoms with Gasteiger partial charge in [0.1, 0.15) is 6.54 Å². The van der Waals surface area contributed by atoms with E-state index < -0.39 is 40.0 Å². The third kappa shape index (κ3) is 3.57. The predicted octanol–water partition coefficient (Wildman–Crippen LogP) is 2.27. The van der Waals surface area contributed by atoms with Crippen molar-refractivity contribution in [2.45, 2.75) is 0 Å². The zero-order chi connectivity index (χ0) is 18.0. The van der Waals surface area contributed by atoms with Crippen LogP contribution in [0.3, 0.4) is 0 Å². The first-order chi connectivity index (χ1) is 11.2. The molecule has 1 heterocycles. The number of imide groups is 1. The zero-order valence-corrected chi connectivity index (χ0v) is 14.4. The van der Waals surface area contributed by atoms with E-state index in [4.69, 9.17) is 0 Å². The topological polar surface area (TPSA) is 127 Å². The van der Waals surface area contributed by atoms with Gasteiger partial charge in [0.05, 0.1) is 16.9 Å². The molecule has 0 aromatic heterocycles. The van der Waals surface area contributed by atoms with E-state index in [1.807, 2.05) is 0 Å². The van der Waals surface area contributed by atoms with Crippen molar-refractivity contribution in [2.24, 2.45) is 0 Å². The molecule has 1 aliphatic rings. The summed E-state index contributed by atoms with van der Waals surface area (Å²) in [7, 11) is 1.12. The van der Waals surface area contributed by atoms with Crippen molar-refractivity contribution < 1.29 is 29.2 Å². The van der Waals surface area contributed by atoms with Gasteiger partial charge in [-0.1, -0.05) is 15.9 Å². The minimum Gasteiger partial charge on any atom is -0.502 e. The number of ether oxygens (including phenoxy) is 1. The number of carbonyl (C=O) groups excluding carboxylic acids is 3. The summed E-state index contributed by atoms with van der Waals surface area (Å²) in [6, 6.07) is 2.46. The standard InChI is InChI=1S/C13H9BrN2O7S/c1-23-10(17)5-15-12(19)9(24-13(15)20)3-6-2-7(14)4-8(11(6)18)16(21)22/h2-4,18H,5H2,1H3/b9-3-. The van der Waals surface area contributed by atoms with Gasteiger partial charge in [-0.2, -0.15) is 0 Å². The molecule has 9 nitrogen and oxygen atoms in total. The Balaban J connectivity index is 2.39. The molecule has 1 aliphatic heterocycles. The van der Waals surface area contributed by atoms with Crippen LogP contribution < -0.4 is 0 Å². The summed E-state index contributed by atoms with van der Waals surface area (Å²) in [6.07, 6.45) is 1.15. The van der Waals surface area contributed by atoms with Gasteiger partial charge in [0, 0.05) is 16.1 Å². The fraction of sp³-hybridized carbons (Fsp3) is 0.154. The fourth-order valence-electron chi connectivity index (χ4n) is 1.83. The molecule has 1 aromatic rings. The van der Waals surface area contributed by atoms with Gasteiger partial charge >= 0.3 is 11.7 Å². The van der Waals surface area contributed by atoms with E-state index in [0.717, 1.165) is 19.3 Å². The summed E-state index contributed by atoms with van der Waals surface area (Å²) in [6.45, 7) is -0.539. The Kier molecular flexibility index (Phi) is 5.24. The second-order valence-corrected chi connectivity index (χ2v) is 6.37. The van der Waals surface area contributed by atoms with Gasteiger partial charge in [0.25, 0.3) is 11.1 Å². The molecule has 2 rings (SSSR count). The van der Waals surface area contributed by atoms with E-state index in [1.165, 1.54) is 6.07 Å². The molecule has 126 valence electrons. The van der Waals surface area contributed by atoms with Crippen molar-refractivity contribution in [2.75, 3.05) is 13.7 Å². The molecule has 1 N–H and O–H groups in total. The lowest BCUT2D eigenvalue weighted by Crippen LogP contribution is -2.34. The average Bonchev–Trinajstić information content (AvgIpc) is 2.77. The number of nitro benzene ring substituents is 1. The maximum absolute atomic E-state index is 12.2. The molecule has 11 heteroatoms. The number of esters is 1. The normalized spacial score (nSPS) is 15.9. The molecule has 0 radical (unpaired) electrons. The van der Waals surface area contributed by atoms with Crippen molar-refractivity contribution in [1.82, 2.24) is 4.90 Å². The highest BCUT2D eigenvalue weighted by Gasteiger charge is 2.37. The van der Waals surface area contributed by atoms with E-state index in [1.54, 1.807) is 0 Å². The van der Waals surface area contributed by atoms with E-state index in [9.17, 15) is 29.6 Å². The van der Waals surface area contributed by atoms with Gasteiger partial charge < -0.3 is 9.84 Å². The number of nitrogens with zero attached hydrogens (tertiary/aromatic N) is 2. The first kappa shape index (κ1) is 17.9. The Morgan fingerprint density at radius 3 is 2.75 bits per heavy atom. The Morgan fingerprint density at radius 1 is 1.50 bits per heavy atom.